The zero-order valence-electron chi connectivity index (χ0n) is 15.7. The molecule has 0 aromatic carbocycles. The van der Waals surface area contributed by atoms with Gasteiger partial charge in [0.15, 0.2) is 0 Å². The molecule has 2 saturated heterocycles. The van der Waals surface area contributed by atoms with Gasteiger partial charge in [-0.1, -0.05) is 90.9 Å². The minimum absolute atomic E-state index is 0.392. The first-order valence-corrected chi connectivity index (χ1v) is 10.2. The van der Waals surface area contributed by atoms with Crippen molar-refractivity contribution in [1.82, 2.24) is 0 Å². The summed E-state index contributed by atoms with van der Waals surface area (Å²) in [6.07, 6.45) is 18.2. The summed E-state index contributed by atoms with van der Waals surface area (Å²) in [5, 5.41) is 0. The fourth-order valence-electron chi connectivity index (χ4n) is 2.57. The summed E-state index contributed by atoms with van der Waals surface area (Å²) in [6, 6.07) is 0. The minimum atomic E-state index is 0.392. The average molecular weight is 329 g/mol. The Kier molecular flexibility index (Phi) is 14.0. The van der Waals surface area contributed by atoms with Gasteiger partial charge in [0, 0.05) is 0 Å². The first kappa shape index (κ1) is 20.9. The molecule has 0 aromatic rings. The molecule has 2 aliphatic heterocycles. The van der Waals surface area contributed by atoms with Crippen molar-refractivity contribution in [1.29, 1.82) is 0 Å². The topological polar surface area (TPSA) is 34.3 Å². The summed E-state index contributed by atoms with van der Waals surface area (Å²) in [6.45, 7) is 7.83. The van der Waals surface area contributed by atoms with E-state index in [9.17, 15) is 0 Å². The molecule has 23 heavy (non-hydrogen) atoms. The van der Waals surface area contributed by atoms with Crippen LogP contribution in [-0.2, 0) is 14.2 Å². The van der Waals surface area contributed by atoms with Gasteiger partial charge in [-0.15, -0.1) is 0 Å². The zero-order chi connectivity index (χ0) is 16.6. The summed E-state index contributed by atoms with van der Waals surface area (Å²) in [5.74, 6) is 0. The van der Waals surface area contributed by atoms with E-state index in [0.717, 1.165) is 26.4 Å². The van der Waals surface area contributed by atoms with E-state index in [4.69, 9.17) is 14.2 Å². The lowest BCUT2D eigenvalue weighted by Crippen LogP contribution is -2.06. The lowest BCUT2D eigenvalue weighted by molar-refractivity contribution is 0.102. The normalized spacial score (nSPS) is 21.7. The summed E-state index contributed by atoms with van der Waals surface area (Å²) < 4.78 is 15.1. The third-order valence-corrected chi connectivity index (χ3v) is 4.37. The molecular formula is C20H40O3. The molecule has 0 N–H and O–H groups in total. The van der Waals surface area contributed by atoms with Crippen LogP contribution in [0.3, 0.4) is 0 Å². The van der Waals surface area contributed by atoms with Crippen molar-refractivity contribution >= 4 is 0 Å². The van der Waals surface area contributed by atoms with E-state index in [-0.39, 0.29) is 0 Å². The van der Waals surface area contributed by atoms with Gasteiger partial charge in [-0.25, -0.2) is 0 Å². The molecule has 0 aliphatic carbocycles. The molecule has 0 radical (unpaired) electrons. The van der Waals surface area contributed by atoms with Gasteiger partial charge in [0.1, 0.15) is 12.2 Å². The van der Waals surface area contributed by atoms with Gasteiger partial charge in [-0.3, -0.25) is 0 Å². The third-order valence-electron chi connectivity index (χ3n) is 4.37. The van der Waals surface area contributed by atoms with Gasteiger partial charge < -0.3 is 14.2 Å². The SMILES string of the molecule is C(OCC1CO1)C1CO1.CCCCCCCCCCCCCC. The van der Waals surface area contributed by atoms with Crippen LogP contribution in [0.5, 0.6) is 0 Å². The highest BCUT2D eigenvalue weighted by atomic mass is 16.6. The molecule has 0 bridgehead atoms. The van der Waals surface area contributed by atoms with Crippen molar-refractivity contribution in [2.24, 2.45) is 0 Å². The van der Waals surface area contributed by atoms with Gasteiger partial charge in [0.2, 0.25) is 0 Å². The van der Waals surface area contributed by atoms with Gasteiger partial charge in [0.25, 0.3) is 0 Å². The molecule has 2 fully saturated rings. The molecule has 2 atom stereocenters. The Morgan fingerprint density at radius 3 is 1.17 bits per heavy atom. The van der Waals surface area contributed by atoms with E-state index in [2.05, 4.69) is 13.8 Å². The molecule has 2 aliphatic rings. The van der Waals surface area contributed by atoms with Crippen molar-refractivity contribution in [3.8, 4) is 0 Å². The van der Waals surface area contributed by atoms with Crippen LogP contribution in [0, 0.1) is 0 Å². The molecule has 0 saturated carbocycles. The number of hydrogen-bond acceptors (Lipinski definition) is 3. The number of hydrogen-bond donors (Lipinski definition) is 0. The molecule has 0 aromatic heterocycles. The van der Waals surface area contributed by atoms with Crippen molar-refractivity contribution in [3.05, 3.63) is 0 Å². The number of epoxide rings is 2. The predicted octanol–water partition coefficient (Wildman–Crippen LogP) is 5.51. The predicted molar refractivity (Wildman–Crippen MR) is 97.1 cm³/mol. The first-order valence-electron chi connectivity index (χ1n) is 10.2. The first-order chi connectivity index (χ1) is 11.4. The lowest BCUT2D eigenvalue weighted by atomic mass is 10.1. The van der Waals surface area contributed by atoms with Crippen LogP contribution in [0.25, 0.3) is 0 Å². The van der Waals surface area contributed by atoms with E-state index >= 15 is 0 Å². The molecule has 2 rings (SSSR count). The van der Waals surface area contributed by atoms with Crippen LogP contribution in [-0.4, -0.2) is 38.6 Å². The smallest absolute Gasteiger partial charge is 0.104 e. The fraction of sp³-hybridized carbons (Fsp3) is 1.00. The van der Waals surface area contributed by atoms with Gasteiger partial charge in [-0.2, -0.15) is 0 Å². The Bertz CT molecular complexity index is 213. The van der Waals surface area contributed by atoms with Crippen molar-refractivity contribution in [2.75, 3.05) is 26.4 Å². The van der Waals surface area contributed by atoms with Crippen LogP contribution in [0.1, 0.15) is 90.9 Å². The molecule has 0 amide bonds. The quantitative estimate of drug-likeness (QED) is 0.294. The fourth-order valence-corrected chi connectivity index (χ4v) is 2.57. The van der Waals surface area contributed by atoms with Crippen molar-refractivity contribution in [2.45, 2.75) is 103 Å². The van der Waals surface area contributed by atoms with Gasteiger partial charge in [0.05, 0.1) is 26.4 Å². The largest absolute Gasteiger partial charge is 0.376 e. The van der Waals surface area contributed by atoms with Crippen LogP contribution in [0.4, 0.5) is 0 Å². The van der Waals surface area contributed by atoms with E-state index < -0.39 is 0 Å². The Labute approximate surface area is 144 Å². The monoisotopic (exact) mass is 328 g/mol. The maximum absolute atomic E-state index is 5.23. The third kappa shape index (κ3) is 16.5. The van der Waals surface area contributed by atoms with E-state index in [0.29, 0.717) is 12.2 Å². The second-order valence-electron chi connectivity index (χ2n) is 6.98. The van der Waals surface area contributed by atoms with Crippen molar-refractivity contribution < 1.29 is 14.2 Å². The number of unbranched alkanes of at least 4 members (excludes halogenated alkanes) is 11. The second kappa shape index (κ2) is 15.4. The minimum Gasteiger partial charge on any atom is -0.376 e. The zero-order valence-corrected chi connectivity index (χ0v) is 15.7. The standard InChI is InChI=1S/C14H30.C6H10O3/c1-3-5-7-9-11-13-14-12-10-8-6-4-2;1(5-3-8-5)7-2-6-4-9-6/h3-14H2,1-2H3;5-6H,1-4H2. The maximum Gasteiger partial charge on any atom is 0.104 e. The maximum atomic E-state index is 5.23. The Morgan fingerprint density at radius 1 is 0.609 bits per heavy atom. The molecule has 0 spiro atoms. The van der Waals surface area contributed by atoms with Crippen LogP contribution in [0.15, 0.2) is 0 Å². The van der Waals surface area contributed by atoms with Crippen LogP contribution >= 0.6 is 0 Å². The Hall–Kier alpha value is -0.120. The lowest BCUT2D eigenvalue weighted by Gasteiger charge is -2.01. The molecule has 2 unspecified atom stereocenters. The highest BCUT2D eigenvalue weighted by molar-refractivity contribution is 4.71. The van der Waals surface area contributed by atoms with Gasteiger partial charge in [-0.05, 0) is 0 Å². The van der Waals surface area contributed by atoms with Crippen LogP contribution in [0.2, 0.25) is 0 Å². The van der Waals surface area contributed by atoms with E-state index in [1.165, 1.54) is 77.0 Å². The van der Waals surface area contributed by atoms with Crippen LogP contribution < -0.4 is 0 Å². The summed E-state index contributed by atoms with van der Waals surface area (Å²) >= 11 is 0. The van der Waals surface area contributed by atoms with E-state index in [1.807, 2.05) is 0 Å². The molecule has 3 nitrogen and oxygen atoms in total. The Balaban J connectivity index is 0.000000248. The highest BCUT2D eigenvalue weighted by Gasteiger charge is 2.26. The summed E-state index contributed by atoms with van der Waals surface area (Å²) in [5.41, 5.74) is 0. The second-order valence-corrected chi connectivity index (χ2v) is 6.98. The van der Waals surface area contributed by atoms with Crippen molar-refractivity contribution in [3.63, 3.8) is 0 Å². The average Bonchev–Trinajstić information content (AvgIpc) is 3.45. The molecule has 2 heterocycles. The summed E-state index contributed by atoms with van der Waals surface area (Å²) in [7, 11) is 0. The Morgan fingerprint density at radius 2 is 0.913 bits per heavy atom. The summed E-state index contributed by atoms with van der Waals surface area (Å²) in [4.78, 5) is 0. The highest BCUT2D eigenvalue weighted by Crippen LogP contribution is 2.13. The number of ether oxygens (including phenoxy) is 3. The number of rotatable bonds is 15. The molecule has 138 valence electrons. The van der Waals surface area contributed by atoms with E-state index in [1.54, 1.807) is 0 Å². The van der Waals surface area contributed by atoms with Gasteiger partial charge >= 0.3 is 0 Å². The molecular weight excluding hydrogens is 288 g/mol. The molecule has 3 heteroatoms.